The second kappa shape index (κ2) is 7.07. The molecular formula is C16H23FN4O. The van der Waals surface area contributed by atoms with Gasteiger partial charge in [-0.25, -0.2) is 4.39 Å². The molecule has 0 saturated carbocycles. The Morgan fingerprint density at radius 1 is 1.00 bits per heavy atom. The van der Waals surface area contributed by atoms with Crippen molar-refractivity contribution in [3.8, 4) is 0 Å². The van der Waals surface area contributed by atoms with Crippen LogP contribution in [0.25, 0.3) is 0 Å². The Bertz CT molecular complexity index is 493. The highest BCUT2D eigenvalue weighted by Gasteiger charge is 2.23. The van der Waals surface area contributed by atoms with E-state index in [9.17, 15) is 9.18 Å². The lowest BCUT2D eigenvalue weighted by atomic mass is 10.2. The van der Waals surface area contributed by atoms with Gasteiger partial charge in [0.25, 0.3) is 0 Å². The minimum atomic E-state index is -0.214. The number of hydrogen-bond donors (Lipinski definition) is 1. The standard InChI is InChI=1S/C16H23FN4O/c17-14-1-3-15(4-2-14)20-9-11-21(12-10-20)16(22)13-19-7-5-18-6-8-19/h1-4,18H,5-13H2. The van der Waals surface area contributed by atoms with Crippen LogP contribution in [-0.2, 0) is 4.79 Å². The van der Waals surface area contributed by atoms with Crippen molar-refractivity contribution in [2.75, 3.05) is 63.8 Å². The van der Waals surface area contributed by atoms with E-state index in [-0.39, 0.29) is 11.7 Å². The maximum atomic E-state index is 13.0. The molecular weight excluding hydrogens is 283 g/mol. The molecule has 1 N–H and O–H groups in total. The van der Waals surface area contributed by atoms with Crippen LogP contribution in [0.5, 0.6) is 0 Å². The van der Waals surface area contributed by atoms with Crippen molar-refractivity contribution in [1.29, 1.82) is 0 Å². The van der Waals surface area contributed by atoms with Gasteiger partial charge in [-0.05, 0) is 24.3 Å². The second-order valence-corrected chi connectivity index (χ2v) is 5.87. The zero-order chi connectivity index (χ0) is 15.4. The van der Waals surface area contributed by atoms with Gasteiger partial charge >= 0.3 is 0 Å². The van der Waals surface area contributed by atoms with E-state index in [1.807, 2.05) is 4.90 Å². The van der Waals surface area contributed by atoms with Crippen LogP contribution >= 0.6 is 0 Å². The van der Waals surface area contributed by atoms with Crippen LogP contribution in [0.4, 0.5) is 10.1 Å². The van der Waals surface area contributed by atoms with Gasteiger partial charge in [-0.3, -0.25) is 9.69 Å². The SMILES string of the molecule is O=C(CN1CCNCC1)N1CCN(c2ccc(F)cc2)CC1. The van der Waals surface area contributed by atoms with Crippen molar-refractivity contribution in [2.45, 2.75) is 0 Å². The first-order valence-electron chi connectivity index (χ1n) is 7.94. The summed E-state index contributed by atoms with van der Waals surface area (Å²) in [5, 5.41) is 3.30. The molecule has 0 radical (unpaired) electrons. The number of nitrogens with zero attached hydrogens (tertiary/aromatic N) is 3. The molecule has 120 valence electrons. The first-order valence-corrected chi connectivity index (χ1v) is 7.94. The number of hydrogen-bond acceptors (Lipinski definition) is 4. The molecule has 2 fully saturated rings. The summed E-state index contributed by atoms with van der Waals surface area (Å²) >= 11 is 0. The van der Waals surface area contributed by atoms with E-state index in [1.165, 1.54) is 12.1 Å². The molecule has 3 rings (SSSR count). The molecule has 0 atom stereocenters. The van der Waals surface area contributed by atoms with E-state index >= 15 is 0 Å². The number of carbonyl (C=O) groups is 1. The van der Waals surface area contributed by atoms with Crippen LogP contribution < -0.4 is 10.2 Å². The predicted octanol–water partition coefficient (Wildman–Crippen LogP) is 0.380. The number of benzene rings is 1. The van der Waals surface area contributed by atoms with E-state index < -0.39 is 0 Å². The Balaban J connectivity index is 1.48. The zero-order valence-corrected chi connectivity index (χ0v) is 12.8. The summed E-state index contributed by atoms with van der Waals surface area (Å²) in [5.41, 5.74) is 1.02. The Labute approximate surface area is 130 Å². The summed E-state index contributed by atoms with van der Waals surface area (Å²) in [4.78, 5) is 18.7. The summed E-state index contributed by atoms with van der Waals surface area (Å²) in [6.45, 7) is 7.43. The van der Waals surface area contributed by atoms with Crippen LogP contribution in [-0.4, -0.2) is 74.6 Å². The lowest BCUT2D eigenvalue weighted by Crippen LogP contribution is -2.53. The summed E-state index contributed by atoms with van der Waals surface area (Å²) in [6, 6.07) is 6.57. The van der Waals surface area contributed by atoms with Crippen LogP contribution in [0.2, 0.25) is 0 Å². The molecule has 0 spiro atoms. The second-order valence-electron chi connectivity index (χ2n) is 5.87. The number of amides is 1. The maximum absolute atomic E-state index is 13.0. The summed E-state index contributed by atoms with van der Waals surface area (Å²) < 4.78 is 13.0. The van der Waals surface area contributed by atoms with Gasteiger partial charge in [0.15, 0.2) is 0 Å². The Kier molecular flexibility index (Phi) is 4.90. The highest BCUT2D eigenvalue weighted by molar-refractivity contribution is 5.78. The van der Waals surface area contributed by atoms with Gasteiger partial charge in [0.05, 0.1) is 6.54 Å². The molecule has 2 aliphatic heterocycles. The van der Waals surface area contributed by atoms with Crippen LogP contribution in [0.15, 0.2) is 24.3 Å². The van der Waals surface area contributed by atoms with Gasteiger partial charge in [0.1, 0.15) is 5.82 Å². The number of rotatable bonds is 3. The van der Waals surface area contributed by atoms with Crippen molar-refractivity contribution in [3.05, 3.63) is 30.1 Å². The molecule has 2 heterocycles. The van der Waals surface area contributed by atoms with Crippen molar-refractivity contribution < 1.29 is 9.18 Å². The molecule has 1 amide bonds. The molecule has 2 aliphatic rings. The summed E-state index contributed by atoms with van der Waals surface area (Å²) in [5.74, 6) is 0.00856. The molecule has 2 saturated heterocycles. The monoisotopic (exact) mass is 306 g/mol. The van der Waals surface area contributed by atoms with Crippen molar-refractivity contribution in [1.82, 2.24) is 15.1 Å². The Hall–Kier alpha value is -1.66. The molecule has 0 bridgehead atoms. The molecule has 22 heavy (non-hydrogen) atoms. The fourth-order valence-electron chi connectivity index (χ4n) is 3.03. The molecule has 1 aromatic rings. The van der Waals surface area contributed by atoms with Gasteiger partial charge in [0, 0.05) is 58.0 Å². The van der Waals surface area contributed by atoms with E-state index in [1.54, 1.807) is 12.1 Å². The van der Waals surface area contributed by atoms with Crippen molar-refractivity contribution in [3.63, 3.8) is 0 Å². The molecule has 1 aromatic carbocycles. The highest BCUT2D eigenvalue weighted by atomic mass is 19.1. The van der Waals surface area contributed by atoms with Crippen LogP contribution in [0, 0.1) is 5.82 Å². The highest BCUT2D eigenvalue weighted by Crippen LogP contribution is 2.17. The fourth-order valence-corrected chi connectivity index (χ4v) is 3.03. The Morgan fingerprint density at radius 2 is 1.64 bits per heavy atom. The Morgan fingerprint density at radius 3 is 2.27 bits per heavy atom. The van der Waals surface area contributed by atoms with Gasteiger partial charge in [-0.2, -0.15) is 0 Å². The number of piperazine rings is 2. The third-order valence-corrected chi connectivity index (χ3v) is 4.39. The lowest BCUT2D eigenvalue weighted by molar-refractivity contribution is -0.132. The predicted molar refractivity (Wildman–Crippen MR) is 84.5 cm³/mol. The normalized spacial score (nSPS) is 20.2. The number of nitrogens with one attached hydrogen (secondary N) is 1. The van der Waals surface area contributed by atoms with Gasteiger partial charge < -0.3 is 15.1 Å². The first kappa shape index (κ1) is 15.2. The third-order valence-electron chi connectivity index (χ3n) is 4.39. The zero-order valence-electron chi connectivity index (χ0n) is 12.8. The lowest BCUT2D eigenvalue weighted by Gasteiger charge is -2.37. The minimum absolute atomic E-state index is 0.214. The average Bonchev–Trinajstić information content (AvgIpc) is 2.57. The molecule has 0 aliphatic carbocycles. The topological polar surface area (TPSA) is 38.8 Å². The van der Waals surface area contributed by atoms with Gasteiger partial charge in [-0.15, -0.1) is 0 Å². The van der Waals surface area contributed by atoms with E-state index in [2.05, 4.69) is 15.1 Å². The van der Waals surface area contributed by atoms with Crippen LogP contribution in [0.1, 0.15) is 0 Å². The molecule has 5 nitrogen and oxygen atoms in total. The number of anilines is 1. The summed E-state index contributed by atoms with van der Waals surface area (Å²) in [6.07, 6.45) is 0. The maximum Gasteiger partial charge on any atom is 0.236 e. The minimum Gasteiger partial charge on any atom is -0.368 e. The number of halogens is 1. The largest absolute Gasteiger partial charge is 0.368 e. The number of carbonyl (C=O) groups excluding carboxylic acids is 1. The molecule has 0 aromatic heterocycles. The van der Waals surface area contributed by atoms with E-state index in [0.29, 0.717) is 6.54 Å². The fraction of sp³-hybridized carbons (Fsp3) is 0.562. The van der Waals surface area contributed by atoms with Gasteiger partial charge in [-0.1, -0.05) is 0 Å². The average molecular weight is 306 g/mol. The van der Waals surface area contributed by atoms with Crippen molar-refractivity contribution >= 4 is 11.6 Å². The molecule has 0 unspecified atom stereocenters. The summed E-state index contributed by atoms with van der Waals surface area (Å²) in [7, 11) is 0. The van der Waals surface area contributed by atoms with Gasteiger partial charge in [0.2, 0.25) is 5.91 Å². The van der Waals surface area contributed by atoms with Crippen LogP contribution in [0.3, 0.4) is 0 Å². The first-order chi connectivity index (χ1) is 10.7. The quantitative estimate of drug-likeness (QED) is 0.876. The smallest absolute Gasteiger partial charge is 0.236 e. The van der Waals surface area contributed by atoms with E-state index in [0.717, 1.165) is 58.0 Å². The third kappa shape index (κ3) is 3.75. The van der Waals surface area contributed by atoms with Crippen molar-refractivity contribution in [2.24, 2.45) is 0 Å². The molecule has 6 heteroatoms. The van der Waals surface area contributed by atoms with E-state index in [4.69, 9.17) is 0 Å².